The standard InChI is InChI=1S/C27H37NO4Si/c1-20-18-21(28(24(20)29)25(30)32-26(2,3)4)19-31-33(27(5,6)7,22-14-10-8-11-15-22)23-16-12-9-13-17-23/h8-17,20-21H,18-19H2,1-7H3. The highest BCUT2D eigenvalue weighted by Gasteiger charge is 2.52. The molecule has 2 amide bonds. The van der Waals surface area contributed by atoms with Crippen molar-refractivity contribution in [2.45, 2.75) is 71.6 Å². The number of ether oxygens (including phenoxy) is 1. The first-order chi connectivity index (χ1) is 15.4. The molecule has 0 aromatic heterocycles. The van der Waals surface area contributed by atoms with E-state index in [-0.39, 0.29) is 29.5 Å². The Bertz CT molecular complexity index is 924. The fourth-order valence-electron chi connectivity index (χ4n) is 4.71. The minimum absolute atomic E-state index is 0.180. The summed E-state index contributed by atoms with van der Waals surface area (Å²) < 4.78 is 12.6. The van der Waals surface area contributed by atoms with Crippen molar-refractivity contribution in [1.29, 1.82) is 0 Å². The van der Waals surface area contributed by atoms with Gasteiger partial charge < -0.3 is 9.16 Å². The molecular formula is C27H37NO4Si. The van der Waals surface area contributed by atoms with E-state index in [0.29, 0.717) is 6.42 Å². The lowest BCUT2D eigenvalue weighted by atomic mass is 10.1. The Morgan fingerprint density at radius 1 is 0.939 bits per heavy atom. The van der Waals surface area contributed by atoms with Gasteiger partial charge in [0.1, 0.15) is 5.60 Å². The van der Waals surface area contributed by atoms with Crippen LogP contribution in [0.4, 0.5) is 4.79 Å². The molecule has 3 rings (SSSR count). The quantitative estimate of drug-likeness (QED) is 0.596. The Kier molecular flexibility index (Phi) is 7.20. The number of carbonyl (C=O) groups excluding carboxylic acids is 2. The fraction of sp³-hybridized carbons (Fsp3) is 0.481. The van der Waals surface area contributed by atoms with Crippen LogP contribution in [0.2, 0.25) is 5.04 Å². The highest BCUT2D eigenvalue weighted by atomic mass is 28.4. The molecule has 2 aromatic rings. The molecule has 2 aromatic carbocycles. The number of benzene rings is 2. The van der Waals surface area contributed by atoms with Crippen molar-refractivity contribution in [2.75, 3.05) is 6.61 Å². The largest absolute Gasteiger partial charge is 0.443 e. The fourth-order valence-corrected chi connectivity index (χ4v) is 9.31. The second-order valence-electron chi connectivity index (χ2n) is 11.0. The molecule has 1 aliphatic rings. The maximum atomic E-state index is 12.9. The van der Waals surface area contributed by atoms with Gasteiger partial charge in [-0.2, -0.15) is 0 Å². The second kappa shape index (κ2) is 9.43. The third-order valence-electron chi connectivity index (χ3n) is 6.15. The van der Waals surface area contributed by atoms with Gasteiger partial charge in [-0.3, -0.25) is 4.79 Å². The lowest BCUT2D eigenvalue weighted by molar-refractivity contribution is -0.131. The number of likely N-dealkylation sites (tertiary alicyclic amines) is 1. The number of rotatable bonds is 5. The molecule has 1 aliphatic heterocycles. The molecule has 1 heterocycles. The van der Waals surface area contributed by atoms with Gasteiger partial charge >= 0.3 is 6.09 Å². The van der Waals surface area contributed by atoms with Crippen LogP contribution >= 0.6 is 0 Å². The summed E-state index contributed by atoms with van der Waals surface area (Å²) in [5.41, 5.74) is -0.674. The van der Waals surface area contributed by atoms with Crippen LogP contribution in [-0.2, 0) is 14.0 Å². The molecular weight excluding hydrogens is 430 g/mol. The van der Waals surface area contributed by atoms with Crippen molar-refractivity contribution in [2.24, 2.45) is 5.92 Å². The molecule has 0 radical (unpaired) electrons. The first kappa shape index (κ1) is 25.2. The van der Waals surface area contributed by atoms with Gasteiger partial charge in [0, 0.05) is 5.92 Å². The summed E-state index contributed by atoms with van der Waals surface area (Å²) in [6.07, 6.45) is -0.0242. The van der Waals surface area contributed by atoms with E-state index in [9.17, 15) is 9.59 Å². The number of carbonyl (C=O) groups is 2. The summed E-state index contributed by atoms with van der Waals surface area (Å²) in [7, 11) is -2.76. The Labute approximate surface area is 199 Å². The first-order valence-electron chi connectivity index (χ1n) is 11.7. The Hall–Kier alpha value is -2.44. The van der Waals surface area contributed by atoms with Gasteiger partial charge in [-0.05, 0) is 42.6 Å². The van der Waals surface area contributed by atoms with Crippen LogP contribution in [0.5, 0.6) is 0 Å². The van der Waals surface area contributed by atoms with Crippen molar-refractivity contribution in [3.63, 3.8) is 0 Å². The molecule has 33 heavy (non-hydrogen) atoms. The molecule has 5 nitrogen and oxygen atoms in total. The summed E-state index contributed by atoms with van der Waals surface area (Å²) >= 11 is 0. The van der Waals surface area contributed by atoms with Crippen LogP contribution in [0, 0.1) is 5.92 Å². The van der Waals surface area contributed by atoms with E-state index in [1.807, 2.05) is 64.1 Å². The van der Waals surface area contributed by atoms with Gasteiger partial charge in [0.05, 0.1) is 12.6 Å². The van der Waals surface area contributed by atoms with E-state index in [1.54, 1.807) is 0 Å². The highest BCUT2D eigenvalue weighted by Crippen LogP contribution is 2.38. The van der Waals surface area contributed by atoms with Crippen molar-refractivity contribution in [1.82, 2.24) is 4.90 Å². The molecule has 0 bridgehead atoms. The zero-order chi connectivity index (χ0) is 24.4. The maximum absolute atomic E-state index is 12.9. The lowest BCUT2D eigenvalue weighted by Gasteiger charge is -2.44. The van der Waals surface area contributed by atoms with Gasteiger partial charge in [-0.15, -0.1) is 0 Å². The molecule has 1 saturated heterocycles. The maximum Gasteiger partial charge on any atom is 0.417 e. The van der Waals surface area contributed by atoms with Crippen LogP contribution < -0.4 is 10.4 Å². The minimum Gasteiger partial charge on any atom is -0.443 e. The zero-order valence-electron chi connectivity index (χ0n) is 20.9. The van der Waals surface area contributed by atoms with Crippen molar-refractivity contribution >= 4 is 30.7 Å². The van der Waals surface area contributed by atoms with Crippen molar-refractivity contribution < 1.29 is 18.8 Å². The van der Waals surface area contributed by atoms with Gasteiger partial charge in [0.2, 0.25) is 5.91 Å². The molecule has 1 fully saturated rings. The van der Waals surface area contributed by atoms with Gasteiger partial charge in [0.25, 0.3) is 8.32 Å². The number of hydrogen-bond donors (Lipinski definition) is 0. The van der Waals surface area contributed by atoms with Gasteiger partial charge in [0.15, 0.2) is 0 Å². The summed E-state index contributed by atoms with van der Waals surface area (Å²) in [5.74, 6) is -0.439. The monoisotopic (exact) mass is 467 g/mol. The predicted molar refractivity (Wildman–Crippen MR) is 134 cm³/mol. The van der Waals surface area contributed by atoms with Crippen LogP contribution in [-0.4, -0.2) is 43.5 Å². The Morgan fingerprint density at radius 3 is 1.85 bits per heavy atom. The lowest BCUT2D eigenvalue weighted by Crippen LogP contribution is -2.67. The smallest absolute Gasteiger partial charge is 0.417 e. The molecule has 0 aliphatic carbocycles. The Balaban J connectivity index is 2.00. The van der Waals surface area contributed by atoms with Crippen molar-refractivity contribution in [3.8, 4) is 0 Å². The van der Waals surface area contributed by atoms with Crippen molar-refractivity contribution in [3.05, 3.63) is 60.7 Å². The van der Waals surface area contributed by atoms with E-state index in [1.165, 1.54) is 15.3 Å². The summed E-state index contributed by atoms with van der Waals surface area (Å²) in [4.78, 5) is 27.1. The van der Waals surface area contributed by atoms with Crippen LogP contribution in [0.3, 0.4) is 0 Å². The minimum atomic E-state index is -2.76. The zero-order valence-corrected chi connectivity index (χ0v) is 21.9. The molecule has 178 valence electrons. The summed E-state index contributed by atoms with van der Waals surface area (Å²) in [6.45, 7) is 14.2. The van der Waals surface area contributed by atoms with E-state index in [4.69, 9.17) is 9.16 Å². The van der Waals surface area contributed by atoms with E-state index in [0.717, 1.165) is 0 Å². The third kappa shape index (κ3) is 5.22. The molecule has 2 atom stereocenters. The number of amides is 2. The number of nitrogens with zero attached hydrogens (tertiary/aromatic N) is 1. The average Bonchev–Trinajstić information content (AvgIpc) is 3.01. The van der Waals surface area contributed by atoms with Gasteiger partial charge in [-0.1, -0.05) is 88.4 Å². The van der Waals surface area contributed by atoms with Crippen LogP contribution in [0.25, 0.3) is 0 Å². The Morgan fingerprint density at radius 2 is 1.42 bits per heavy atom. The topological polar surface area (TPSA) is 55.8 Å². The average molecular weight is 468 g/mol. The highest BCUT2D eigenvalue weighted by molar-refractivity contribution is 6.99. The second-order valence-corrected chi connectivity index (χ2v) is 15.3. The van der Waals surface area contributed by atoms with E-state index >= 15 is 0 Å². The molecule has 2 unspecified atom stereocenters. The molecule has 0 N–H and O–H groups in total. The molecule has 0 spiro atoms. The normalized spacial score (nSPS) is 19.6. The number of hydrogen-bond acceptors (Lipinski definition) is 4. The van der Waals surface area contributed by atoms with E-state index in [2.05, 4.69) is 45.0 Å². The summed E-state index contributed by atoms with van der Waals surface area (Å²) in [6, 6.07) is 20.4. The summed E-state index contributed by atoms with van der Waals surface area (Å²) in [5, 5.41) is 2.16. The molecule has 6 heteroatoms. The predicted octanol–water partition coefficient (Wildman–Crippen LogP) is 4.74. The molecule has 0 saturated carbocycles. The third-order valence-corrected chi connectivity index (χ3v) is 11.2. The SMILES string of the molecule is CC1CC(CO[Si](c2ccccc2)(c2ccccc2)C(C)(C)C)N(C(=O)OC(C)(C)C)C1=O. The van der Waals surface area contributed by atoms with E-state index < -0.39 is 20.0 Å². The van der Waals surface area contributed by atoms with Crippen LogP contribution in [0.1, 0.15) is 54.9 Å². The van der Waals surface area contributed by atoms with Crippen LogP contribution in [0.15, 0.2) is 60.7 Å². The van der Waals surface area contributed by atoms with Gasteiger partial charge in [-0.25, -0.2) is 9.69 Å². The first-order valence-corrected chi connectivity index (χ1v) is 13.6. The number of imide groups is 1.